The average molecular weight is 377 g/mol. The highest BCUT2D eigenvalue weighted by molar-refractivity contribution is 5.76. The van der Waals surface area contributed by atoms with Crippen LogP contribution in [0.1, 0.15) is 19.4 Å². The van der Waals surface area contributed by atoms with Gasteiger partial charge in [-0.15, -0.1) is 0 Å². The fourth-order valence-corrected chi connectivity index (χ4v) is 3.38. The van der Waals surface area contributed by atoms with E-state index < -0.39 is 6.09 Å². The van der Waals surface area contributed by atoms with Crippen LogP contribution in [-0.4, -0.2) is 84.2 Å². The zero-order valence-electron chi connectivity index (χ0n) is 16.5. The summed E-state index contributed by atoms with van der Waals surface area (Å²) in [6.07, 6.45) is -0.854. The Morgan fingerprint density at radius 1 is 1.15 bits per heavy atom. The van der Waals surface area contributed by atoms with Gasteiger partial charge in [0.25, 0.3) is 0 Å². The molecule has 0 saturated carbocycles. The van der Waals surface area contributed by atoms with Crippen molar-refractivity contribution in [1.29, 1.82) is 0 Å². The summed E-state index contributed by atoms with van der Waals surface area (Å²) >= 11 is 0. The quantitative estimate of drug-likeness (QED) is 0.699. The van der Waals surface area contributed by atoms with E-state index in [-0.39, 0.29) is 24.5 Å². The molecule has 1 saturated heterocycles. The second-order valence-corrected chi connectivity index (χ2v) is 7.37. The Morgan fingerprint density at radius 2 is 1.78 bits per heavy atom. The van der Waals surface area contributed by atoms with Gasteiger partial charge < -0.3 is 14.7 Å². The Morgan fingerprint density at radius 3 is 2.33 bits per heavy atom. The zero-order chi connectivity index (χ0) is 19.8. The predicted octanol–water partition coefficient (Wildman–Crippen LogP) is 1.98. The van der Waals surface area contributed by atoms with Gasteiger partial charge in [-0.05, 0) is 18.5 Å². The lowest BCUT2D eigenvalue weighted by atomic mass is 10.0. The van der Waals surface area contributed by atoms with Gasteiger partial charge in [0.05, 0.1) is 0 Å². The fraction of sp³-hybridized carbons (Fsp3) is 0.600. The van der Waals surface area contributed by atoms with E-state index in [2.05, 4.69) is 4.90 Å². The smallest absolute Gasteiger partial charge is 0.407 e. The first-order valence-electron chi connectivity index (χ1n) is 9.49. The largest absolute Gasteiger partial charge is 0.465 e. The van der Waals surface area contributed by atoms with Crippen LogP contribution < -0.4 is 0 Å². The van der Waals surface area contributed by atoms with Crippen LogP contribution >= 0.6 is 0 Å². The minimum atomic E-state index is -0.854. The van der Waals surface area contributed by atoms with Crippen molar-refractivity contribution >= 4 is 12.1 Å². The van der Waals surface area contributed by atoms with Gasteiger partial charge in [-0.1, -0.05) is 44.2 Å². The third kappa shape index (κ3) is 6.52. The number of piperazine rings is 1. The van der Waals surface area contributed by atoms with E-state index in [9.17, 15) is 9.59 Å². The number of nitrogens with zero attached hydrogens (tertiary/aromatic N) is 3. The van der Waals surface area contributed by atoms with E-state index in [1.807, 2.05) is 56.1 Å². The molecule has 1 unspecified atom stereocenters. The van der Waals surface area contributed by atoms with Gasteiger partial charge in [0.1, 0.15) is 12.6 Å². The number of hydrogen-bond donors (Lipinski definition) is 1. The molecular formula is C20H31N3O4. The van der Waals surface area contributed by atoms with E-state index >= 15 is 0 Å². The van der Waals surface area contributed by atoms with Gasteiger partial charge in [-0.3, -0.25) is 14.6 Å². The number of ether oxygens (including phenoxy) is 1. The van der Waals surface area contributed by atoms with Gasteiger partial charge >= 0.3 is 12.1 Å². The fourth-order valence-electron chi connectivity index (χ4n) is 3.38. The van der Waals surface area contributed by atoms with E-state index in [1.165, 1.54) is 4.90 Å². The number of amides is 1. The SMILES string of the molecule is CC(C)C(C(=O)OCc1ccccc1)N(C)CCN1CCN(C(=O)O)CC1. The highest BCUT2D eigenvalue weighted by Gasteiger charge is 2.29. The average Bonchev–Trinajstić information content (AvgIpc) is 2.65. The van der Waals surface area contributed by atoms with Crippen molar-refractivity contribution < 1.29 is 19.4 Å². The molecule has 0 bridgehead atoms. The number of rotatable bonds is 8. The lowest BCUT2D eigenvalue weighted by molar-refractivity contribution is -0.152. The number of benzene rings is 1. The maximum absolute atomic E-state index is 12.6. The van der Waals surface area contributed by atoms with Crippen LogP contribution in [0.5, 0.6) is 0 Å². The standard InChI is InChI=1S/C20H31N3O4/c1-16(2)18(19(24)27-15-17-7-5-4-6-8-17)21(3)9-10-22-11-13-23(14-12-22)20(25)26/h4-8,16,18H,9-15H2,1-3H3,(H,25,26). The minimum Gasteiger partial charge on any atom is -0.465 e. The predicted molar refractivity (Wildman–Crippen MR) is 104 cm³/mol. The third-order valence-electron chi connectivity index (χ3n) is 4.98. The maximum Gasteiger partial charge on any atom is 0.407 e. The molecule has 2 rings (SSSR count). The number of carboxylic acid groups (broad SMARTS) is 1. The lowest BCUT2D eigenvalue weighted by Gasteiger charge is -2.35. The molecule has 1 aromatic rings. The molecule has 1 atom stereocenters. The molecule has 1 aliphatic heterocycles. The Balaban J connectivity index is 1.81. The summed E-state index contributed by atoms with van der Waals surface area (Å²) in [5, 5.41) is 9.02. The maximum atomic E-state index is 12.6. The van der Waals surface area contributed by atoms with Gasteiger partial charge in [0, 0.05) is 39.3 Å². The molecule has 0 aliphatic carbocycles. The van der Waals surface area contributed by atoms with Crippen molar-refractivity contribution in [2.75, 3.05) is 46.3 Å². The first-order valence-corrected chi connectivity index (χ1v) is 9.49. The normalized spacial score (nSPS) is 16.6. The third-order valence-corrected chi connectivity index (χ3v) is 4.98. The number of esters is 1. The molecule has 1 heterocycles. The molecule has 1 fully saturated rings. The van der Waals surface area contributed by atoms with Gasteiger partial charge in [0.15, 0.2) is 0 Å². The Hall–Kier alpha value is -2.12. The highest BCUT2D eigenvalue weighted by Crippen LogP contribution is 2.13. The summed E-state index contributed by atoms with van der Waals surface area (Å²) in [6.45, 7) is 8.39. The monoisotopic (exact) mass is 377 g/mol. The van der Waals surface area contributed by atoms with E-state index in [1.54, 1.807) is 0 Å². The molecule has 7 nitrogen and oxygen atoms in total. The molecule has 27 heavy (non-hydrogen) atoms. The van der Waals surface area contributed by atoms with Gasteiger partial charge in [-0.2, -0.15) is 0 Å². The second-order valence-electron chi connectivity index (χ2n) is 7.37. The summed E-state index contributed by atoms with van der Waals surface area (Å²) < 4.78 is 5.54. The van der Waals surface area contributed by atoms with E-state index in [0.29, 0.717) is 13.1 Å². The molecule has 0 aromatic heterocycles. The van der Waals surface area contributed by atoms with Crippen LogP contribution in [0.4, 0.5) is 4.79 Å². The molecule has 0 spiro atoms. The molecule has 150 valence electrons. The molecule has 1 amide bonds. The van der Waals surface area contributed by atoms with Crippen molar-refractivity contribution in [3.05, 3.63) is 35.9 Å². The molecular weight excluding hydrogens is 346 g/mol. The molecule has 1 N–H and O–H groups in total. The van der Waals surface area contributed by atoms with Crippen LogP contribution in [0, 0.1) is 5.92 Å². The summed E-state index contributed by atoms with van der Waals surface area (Å²) in [5.74, 6) is -0.0609. The van der Waals surface area contributed by atoms with Gasteiger partial charge in [-0.25, -0.2) is 4.79 Å². The second kappa shape index (κ2) is 10.3. The first kappa shape index (κ1) is 21.2. The van der Waals surface area contributed by atoms with Crippen molar-refractivity contribution in [2.24, 2.45) is 5.92 Å². The minimum absolute atomic E-state index is 0.141. The summed E-state index contributed by atoms with van der Waals surface area (Å²) in [7, 11) is 1.95. The van der Waals surface area contributed by atoms with Crippen molar-refractivity contribution in [1.82, 2.24) is 14.7 Å². The van der Waals surface area contributed by atoms with Crippen LogP contribution in [0.2, 0.25) is 0 Å². The summed E-state index contributed by atoms with van der Waals surface area (Å²) in [5.41, 5.74) is 0.979. The number of likely N-dealkylation sites (N-methyl/N-ethyl adjacent to an activating group) is 1. The van der Waals surface area contributed by atoms with Crippen molar-refractivity contribution in [2.45, 2.75) is 26.5 Å². The molecule has 7 heteroatoms. The molecule has 1 aliphatic rings. The van der Waals surface area contributed by atoms with Crippen LogP contribution in [-0.2, 0) is 16.1 Å². The van der Waals surface area contributed by atoms with Crippen LogP contribution in [0.25, 0.3) is 0 Å². The van der Waals surface area contributed by atoms with Crippen LogP contribution in [0.3, 0.4) is 0 Å². The summed E-state index contributed by atoms with van der Waals surface area (Å²) in [4.78, 5) is 29.3. The number of carbonyl (C=O) groups excluding carboxylic acids is 1. The Labute approximate surface area is 161 Å². The molecule has 1 aromatic carbocycles. The van der Waals surface area contributed by atoms with E-state index in [0.717, 1.165) is 31.7 Å². The Kier molecular flexibility index (Phi) is 8.06. The molecule has 0 radical (unpaired) electrons. The van der Waals surface area contributed by atoms with E-state index in [4.69, 9.17) is 9.84 Å². The topological polar surface area (TPSA) is 73.3 Å². The van der Waals surface area contributed by atoms with Crippen molar-refractivity contribution in [3.63, 3.8) is 0 Å². The van der Waals surface area contributed by atoms with Crippen molar-refractivity contribution in [3.8, 4) is 0 Å². The van der Waals surface area contributed by atoms with Crippen LogP contribution in [0.15, 0.2) is 30.3 Å². The summed E-state index contributed by atoms with van der Waals surface area (Å²) in [6, 6.07) is 9.38. The zero-order valence-corrected chi connectivity index (χ0v) is 16.5. The highest BCUT2D eigenvalue weighted by atomic mass is 16.5. The number of carbonyl (C=O) groups is 2. The Bertz CT molecular complexity index is 601. The number of hydrogen-bond acceptors (Lipinski definition) is 5. The first-order chi connectivity index (χ1) is 12.9. The van der Waals surface area contributed by atoms with Gasteiger partial charge in [0.2, 0.25) is 0 Å². The lowest BCUT2D eigenvalue weighted by Crippen LogP contribution is -2.51.